The third-order valence-electron chi connectivity index (χ3n) is 2.60. The van der Waals surface area contributed by atoms with Crippen molar-refractivity contribution in [1.29, 1.82) is 0 Å². The van der Waals surface area contributed by atoms with Crippen LogP contribution in [-0.2, 0) is 14.3 Å². The van der Waals surface area contributed by atoms with Crippen LogP contribution in [-0.4, -0.2) is 55.3 Å². The van der Waals surface area contributed by atoms with Crippen LogP contribution < -0.4 is 5.32 Å². The van der Waals surface area contributed by atoms with Gasteiger partial charge in [-0.3, -0.25) is 4.79 Å². The van der Waals surface area contributed by atoms with Crippen LogP contribution in [0, 0.1) is 0 Å². The Morgan fingerprint density at radius 1 is 1.28 bits per heavy atom. The van der Waals surface area contributed by atoms with Gasteiger partial charge in [-0.25, -0.2) is 4.79 Å². The van der Waals surface area contributed by atoms with Gasteiger partial charge in [-0.2, -0.15) is 0 Å². The highest BCUT2D eigenvalue weighted by atomic mass is 16.6. The van der Waals surface area contributed by atoms with Crippen molar-refractivity contribution in [2.45, 2.75) is 38.8 Å². The molecule has 0 aromatic carbocycles. The molecule has 1 atom stereocenters. The smallest absolute Gasteiger partial charge is 0.410 e. The molecule has 18 heavy (non-hydrogen) atoms. The van der Waals surface area contributed by atoms with Crippen molar-refractivity contribution in [3.05, 3.63) is 0 Å². The Morgan fingerprint density at radius 2 is 1.94 bits per heavy atom. The van der Waals surface area contributed by atoms with Crippen LogP contribution >= 0.6 is 0 Å². The molecule has 0 aromatic heterocycles. The van der Waals surface area contributed by atoms with Gasteiger partial charge in [0.1, 0.15) is 11.6 Å². The lowest BCUT2D eigenvalue weighted by atomic mass is 10.2. The van der Waals surface area contributed by atoms with Gasteiger partial charge in [-0.15, -0.1) is 0 Å². The lowest BCUT2D eigenvalue weighted by Gasteiger charge is -2.26. The summed E-state index contributed by atoms with van der Waals surface area (Å²) in [6.07, 6.45) is 0.196. The zero-order valence-corrected chi connectivity index (χ0v) is 11.5. The largest absolute Gasteiger partial charge is 0.468 e. The van der Waals surface area contributed by atoms with Gasteiger partial charge in [0.15, 0.2) is 0 Å². The van der Waals surface area contributed by atoms with E-state index in [0.29, 0.717) is 26.1 Å². The zero-order chi connectivity index (χ0) is 13.8. The van der Waals surface area contributed by atoms with E-state index >= 15 is 0 Å². The number of hydrogen-bond donors (Lipinski definition) is 1. The second-order valence-electron chi connectivity index (χ2n) is 5.29. The number of methoxy groups -OCH3 is 1. The van der Waals surface area contributed by atoms with Gasteiger partial charge in [0.05, 0.1) is 7.11 Å². The molecule has 6 nitrogen and oxygen atoms in total. The summed E-state index contributed by atoms with van der Waals surface area (Å²) < 4.78 is 9.98. The van der Waals surface area contributed by atoms with E-state index < -0.39 is 5.60 Å². The molecule has 6 heteroatoms. The summed E-state index contributed by atoms with van der Waals surface area (Å²) in [4.78, 5) is 24.9. The molecule has 0 spiro atoms. The molecule has 1 saturated heterocycles. The van der Waals surface area contributed by atoms with Crippen molar-refractivity contribution in [1.82, 2.24) is 10.2 Å². The van der Waals surface area contributed by atoms with Gasteiger partial charge in [0.2, 0.25) is 0 Å². The maximum Gasteiger partial charge on any atom is 0.410 e. The quantitative estimate of drug-likeness (QED) is 0.703. The first-order valence-corrected chi connectivity index (χ1v) is 6.12. The van der Waals surface area contributed by atoms with Crippen LogP contribution in [0.3, 0.4) is 0 Å². The molecular weight excluding hydrogens is 236 g/mol. The van der Waals surface area contributed by atoms with Crippen molar-refractivity contribution in [3.8, 4) is 0 Å². The predicted molar refractivity (Wildman–Crippen MR) is 66.2 cm³/mol. The summed E-state index contributed by atoms with van der Waals surface area (Å²) in [7, 11) is 1.36. The molecule has 1 N–H and O–H groups in total. The summed E-state index contributed by atoms with van der Waals surface area (Å²) >= 11 is 0. The second kappa shape index (κ2) is 6.04. The molecule has 1 amide bonds. The number of ether oxygens (including phenoxy) is 2. The van der Waals surface area contributed by atoms with Crippen molar-refractivity contribution in [2.24, 2.45) is 0 Å². The molecule has 1 rings (SSSR count). The summed E-state index contributed by atoms with van der Waals surface area (Å²) in [5.41, 5.74) is -0.501. The highest BCUT2D eigenvalue weighted by Crippen LogP contribution is 2.11. The topological polar surface area (TPSA) is 67.9 Å². The number of amides is 1. The second-order valence-corrected chi connectivity index (χ2v) is 5.29. The van der Waals surface area contributed by atoms with Crippen LogP contribution in [0.5, 0.6) is 0 Å². The standard InChI is InChI=1S/C12H22N2O4/c1-12(2,3)18-11(16)14-7-5-9(10(15)17-4)13-6-8-14/h9,13H,5-8H2,1-4H3. The maximum absolute atomic E-state index is 11.9. The van der Waals surface area contributed by atoms with Gasteiger partial charge < -0.3 is 19.7 Å². The normalized spacial score (nSPS) is 21.1. The van der Waals surface area contributed by atoms with E-state index in [9.17, 15) is 9.59 Å². The summed E-state index contributed by atoms with van der Waals surface area (Å²) in [6.45, 7) is 7.07. The molecular formula is C12H22N2O4. The van der Waals surface area contributed by atoms with E-state index in [-0.39, 0.29) is 18.1 Å². The average molecular weight is 258 g/mol. The van der Waals surface area contributed by atoms with E-state index in [1.54, 1.807) is 4.90 Å². The minimum atomic E-state index is -0.501. The van der Waals surface area contributed by atoms with Gasteiger partial charge in [0.25, 0.3) is 0 Å². The molecule has 104 valence electrons. The van der Waals surface area contributed by atoms with Crippen molar-refractivity contribution in [3.63, 3.8) is 0 Å². The third kappa shape index (κ3) is 4.52. The average Bonchev–Trinajstić information content (AvgIpc) is 2.51. The number of nitrogens with one attached hydrogen (secondary N) is 1. The Hall–Kier alpha value is -1.30. The minimum absolute atomic E-state index is 0.291. The molecule has 0 aliphatic carbocycles. The van der Waals surface area contributed by atoms with Crippen LogP contribution in [0.25, 0.3) is 0 Å². The van der Waals surface area contributed by atoms with Crippen molar-refractivity contribution < 1.29 is 19.1 Å². The first kappa shape index (κ1) is 14.8. The summed E-state index contributed by atoms with van der Waals surface area (Å²) in [6, 6.07) is -0.345. The Labute approximate surface area is 108 Å². The Kier molecular flexibility index (Phi) is 4.95. The van der Waals surface area contributed by atoms with Gasteiger partial charge in [-0.05, 0) is 27.2 Å². The molecule has 1 aliphatic rings. The molecule has 1 aliphatic heterocycles. The molecule has 0 radical (unpaired) electrons. The van der Waals surface area contributed by atoms with E-state index in [0.717, 1.165) is 0 Å². The number of carbonyl (C=O) groups is 2. The zero-order valence-electron chi connectivity index (χ0n) is 11.5. The number of hydrogen-bond acceptors (Lipinski definition) is 5. The van der Waals surface area contributed by atoms with Crippen molar-refractivity contribution >= 4 is 12.1 Å². The predicted octanol–water partition coefficient (Wildman–Crippen LogP) is 0.758. The van der Waals surface area contributed by atoms with E-state index in [2.05, 4.69) is 10.1 Å². The first-order valence-electron chi connectivity index (χ1n) is 6.12. The van der Waals surface area contributed by atoms with Crippen LogP contribution in [0.4, 0.5) is 4.79 Å². The maximum atomic E-state index is 11.9. The fourth-order valence-corrected chi connectivity index (χ4v) is 1.73. The SMILES string of the molecule is COC(=O)C1CCN(C(=O)OC(C)(C)C)CCN1. The molecule has 1 fully saturated rings. The highest BCUT2D eigenvalue weighted by molar-refractivity contribution is 5.76. The first-order chi connectivity index (χ1) is 8.33. The molecule has 0 aromatic rings. The molecule has 0 bridgehead atoms. The highest BCUT2D eigenvalue weighted by Gasteiger charge is 2.27. The number of rotatable bonds is 1. The Morgan fingerprint density at radius 3 is 2.50 bits per heavy atom. The lowest BCUT2D eigenvalue weighted by molar-refractivity contribution is -0.143. The Bertz CT molecular complexity index is 312. The van der Waals surface area contributed by atoms with Gasteiger partial charge in [0, 0.05) is 19.6 Å². The van der Waals surface area contributed by atoms with Crippen molar-refractivity contribution in [2.75, 3.05) is 26.7 Å². The van der Waals surface area contributed by atoms with Crippen LogP contribution in [0.1, 0.15) is 27.2 Å². The fourth-order valence-electron chi connectivity index (χ4n) is 1.73. The summed E-state index contributed by atoms with van der Waals surface area (Å²) in [5, 5.41) is 3.06. The van der Waals surface area contributed by atoms with E-state index in [1.807, 2.05) is 20.8 Å². The van der Waals surface area contributed by atoms with E-state index in [1.165, 1.54) is 7.11 Å². The molecule has 1 heterocycles. The third-order valence-corrected chi connectivity index (χ3v) is 2.60. The number of esters is 1. The lowest BCUT2D eigenvalue weighted by Crippen LogP contribution is -2.38. The fraction of sp³-hybridized carbons (Fsp3) is 0.833. The van der Waals surface area contributed by atoms with Crippen LogP contribution in [0.15, 0.2) is 0 Å². The van der Waals surface area contributed by atoms with E-state index in [4.69, 9.17) is 4.74 Å². The summed E-state index contributed by atoms with van der Waals surface area (Å²) in [5.74, 6) is -0.291. The number of carbonyl (C=O) groups excluding carboxylic acids is 2. The molecule has 0 saturated carbocycles. The van der Waals surface area contributed by atoms with Gasteiger partial charge in [-0.1, -0.05) is 0 Å². The number of nitrogens with zero attached hydrogens (tertiary/aromatic N) is 1. The van der Waals surface area contributed by atoms with Crippen LogP contribution in [0.2, 0.25) is 0 Å². The molecule has 1 unspecified atom stereocenters. The van der Waals surface area contributed by atoms with Gasteiger partial charge >= 0.3 is 12.1 Å². The minimum Gasteiger partial charge on any atom is -0.468 e. The monoisotopic (exact) mass is 258 g/mol. The Balaban J connectivity index is 2.51.